The molecule has 170 valence electrons. The molecule has 0 aliphatic heterocycles. The van der Waals surface area contributed by atoms with Gasteiger partial charge in [-0.2, -0.15) is 10.4 Å². The Balaban J connectivity index is 1.62. The number of amides is 1. The van der Waals surface area contributed by atoms with Crippen LogP contribution in [0.15, 0.2) is 72.8 Å². The first kappa shape index (κ1) is 23.1. The van der Waals surface area contributed by atoms with Crippen molar-refractivity contribution in [1.82, 2.24) is 19.7 Å². The number of aromatic amines is 1. The van der Waals surface area contributed by atoms with Gasteiger partial charge in [-0.25, -0.2) is 4.39 Å². The Hall–Kier alpha value is -4.09. The van der Waals surface area contributed by atoms with Crippen molar-refractivity contribution in [2.24, 2.45) is 0 Å². The van der Waals surface area contributed by atoms with Crippen LogP contribution in [0, 0.1) is 28.8 Å². The smallest absolute Gasteiger partial charge is 0.243 e. The molecule has 0 radical (unpaired) electrons. The minimum absolute atomic E-state index is 0.0237. The number of benzene rings is 3. The summed E-state index contributed by atoms with van der Waals surface area (Å²) in [6.45, 7) is 2.50. The maximum atomic E-state index is 13.8. The molecule has 0 unspecified atom stereocenters. The highest BCUT2D eigenvalue weighted by atomic mass is 32.1. The van der Waals surface area contributed by atoms with Gasteiger partial charge in [0.05, 0.1) is 11.6 Å². The summed E-state index contributed by atoms with van der Waals surface area (Å²) >= 11 is 5.40. The zero-order valence-electron chi connectivity index (χ0n) is 18.5. The van der Waals surface area contributed by atoms with Crippen LogP contribution in [0.3, 0.4) is 0 Å². The molecule has 4 aromatic rings. The number of halogens is 1. The maximum Gasteiger partial charge on any atom is 0.243 e. The van der Waals surface area contributed by atoms with Crippen LogP contribution >= 0.6 is 12.2 Å². The third-order valence-corrected chi connectivity index (χ3v) is 5.74. The number of nitrogens with one attached hydrogen (secondary N) is 1. The van der Waals surface area contributed by atoms with E-state index in [9.17, 15) is 9.18 Å². The fraction of sp³-hybridized carbons (Fsp3) is 0.154. The van der Waals surface area contributed by atoms with Crippen molar-refractivity contribution in [1.29, 1.82) is 5.26 Å². The summed E-state index contributed by atoms with van der Waals surface area (Å²) in [5.74, 6) is 0.0175. The number of aryl methyl sites for hydroxylation is 1. The van der Waals surface area contributed by atoms with Crippen LogP contribution in [0.5, 0.6) is 0 Å². The van der Waals surface area contributed by atoms with Gasteiger partial charge in [0.15, 0.2) is 10.6 Å². The summed E-state index contributed by atoms with van der Waals surface area (Å²) in [6, 6.07) is 23.1. The zero-order chi connectivity index (χ0) is 24.1. The highest BCUT2D eigenvalue weighted by Gasteiger charge is 2.19. The van der Waals surface area contributed by atoms with Gasteiger partial charge in [-0.15, -0.1) is 0 Å². The molecular formula is C26H22FN5OS. The van der Waals surface area contributed by atoms with Crippen molar-refractivity contribution in [3.63, 3.8) is 0 Å². The van der Waals surface area contributed by atoms with Gasteiger partial charge < -0.3 is 4.90 Å². The van der Waals surface area contributed by atoms with Crippen LogP contribution in [-0.4, -0.2) is 25.6 Å². The van der Waals surface area contributed by atoms with Crippen molar-refractivity contribution in [2.75, 3.05) is 0 Å². The Morgan fingerprint density at radius 2 is 1.79 bits per heavy atom. The summed E-state index contributed by atoms with van der Waals surface area (Å²) in [5.41, 5.74) is 4.03. The number of carbonyl (C=O) groups excluding carboxylic acids is 1. The van der Waals surface area contributed by atoms with Crippen molar-refractivity contribution < 1.29 is 9.18 Å². The van der Waals surface area contributed by atoms with Crippen LogP contribution in [0.2, 0.25) is 0 Å². The third-order valence-electron chi connectivity index (χ3n) is 5.43. The molecule has 8 heteroatoms. The standard InChI is InChI=1S/C26H22FN5OS/c1-18-5-11-22(12-6-18)25-29-30-26(34)32(25)17-24(33)31(16-21-3-2-4-23(27)13-21)15-20-9-7-19(14-28)8-10-20/h2-13H,15-17H2,1H3,(H,30,34). The molecule has 0 aliphatic carbocycles. The van der Waals surface area contributed by atoms with E-state index < -0.39 is 0 Å². The van der Waals surface area contributed by atoms with E-state index in [2.05, 4.69) is 16.3 Å². The Labute approximate surface area is 201 Å². The van der Waals surface area contributed by atoms with Crippen molar-refractivity contribution in [2.45, 2.75) is 26.6 Å². The number of aromatic nitrogens is 3. The van der Waals surface area contributed by atoms with E-state index in [1.54, 1.807) is 33.7 Å². The van der Waals surface area contributed by atoms with Crippen LogP contribution in [0.1, 0.15) is 22.3 Å². The molecule has 6 nitrogen and oxygen atoms in total. The Kier molecular flexibility index (Phi) is 6.95. The lowest BCUT2D eigenvalue weighted by Crippen LogP contribution is -2.33. The first-order valence-corrected chi connectivity index (χ1v) is 11.1. The second-order valence-electron chi connectivity index (χ2n) is 7.99. The molecular weight excluding hydrogens is 449 g/mol. The first-order chi connectivity index (χ1) is 16.4. The van der Waals surface area contributed by atoms with E-state index in [4.69, 9.17) is 17.5 Å². The van der Waals surface area contributed by atoms with Crippen molar-refractivity contribution >= 4 is 18.1 Å². The number of carbonyl (C=O) groups is 1. The van der Waals surface area contributed by atoms with E-state index in [-0.39, 0.29) is 24.8 Å². The molecule has 0 atom stereocenters. The zero-order valence-corrected chi connectivity index (χ0v) is 19.3. The minimum atomic E-state index is -0.359. The molecule has 0 aliphatic rings. The Morgan fingerprint density at radius 1 is 1.09 bits per heavy atom. The predicted molar refractivity (Wildman–Crippen MR) is 129 cm³/mol. The molecule has 1 amide bonds. The third kappa shape index (κ3) is 5.45. The second kappa shape index (κ2) is 10.2. The van der Waals surface area contributed by atoms with E-state index in [1.807, 2.05) is 43.3 Å². The SMILES string of the molecule is Cc1ccc(-c2n[nH]c(=S)n2CC(=O)N(Cc2ccc(C#N)cc2)Cc2cccc(F)c2)cc1. The number of hydrogen-bond donors (Lipinski definition) is 1. The van der Waals surface area contributed by atoms with E-state index >= 15 is 0 Å². The lowest BCUT2D eigenvalue weighted by molar-refractivity contribution is -0.133. The molecule has 0 saturated heterocycles. The van der Waals surface area contributed by atoms with Crippen molar-refractivity contribution in [3.8, 4) is 17.5 Å². The monoisotopic (exact) mass is 471 g/mol. The number of nitrogens with zero attached hydrogens (tertiary/aromatic N) is 4. The normalized spacial score (nSPS) is 10.6. The molecule has 0 fully saturated rings. The van der Waals surface area contributed by atoms with Crippen LogP contribution < -0.4 is 0 Å². The second-order valence-corrected chi connectivity index (χ2v) is 8.38. The quantitative estimate of drug-likeness (QED) is 0.378. The molecule has 0 spiro atoms. The largest absolute Gasteiger partial charge is 0.332 e. The van der Waals surface area contributed by atoms with Crippen molar-refractivity contribution in [3.05, 3.63) is 106 Å². The topological polar surface area (TPSA) is 77.7 Å². The highest BCUT2D eigenvalue weighted by Crippen LogP contribution is 2.19. The summed E-state index contributed by atoms with van der Waals surface area (Å²) in [4.78, 5) is 15.1. The maximum absolute atomic E-state index is 13.8. The summed E-state index contributed by atoms with van der Waals surface area (Å²) < 4.78 is 15.8. The van der Waals surface area contributed by atoms with Crippen LogP contribution in [0.4, 0.5) is 4.39 Å². The lowest BCUT2D eigenvalue weighted by Gasteiger charge is -2.24. The average molecular weight is 472 g/mol. The molecule has 1 N–H and O–H groups in total. The average Bonchev–Trinajstić information content (AvgIpc) is 3.19. The molecule has 0 bridgehead atoms. The first-order valence-electron chi connectivity index (χ1n) is 10.7. The summed E-state index contributed by atoms with van der Waals surface area (Å²) in [6.07, 6.45) is 0. The Bertz CT molecular complexity index is 1400. The van der Waals surface area contributed by atoms with E-state index in [0.717, 1.165) is 16.7 Å². The Morgan fingerprint density at radius 3 is 2.47 bits per heavy atom. The lowest BCUT2D eigenvalue weighted by atomic mass is 10.1. The number of rotatable bonds is 7. The van der Waals surface area contributed by atoms with Gasteiger partial charge in [0.25, 0.3) is 0 Å². The number of nitriles is 1. The van der Waals surface area contributed by atoms with Gasteiger partial charge >= 0.3 is 0 Å². The predicted octanol–water partition coefficient (Wildman–Crippen LogP) is 5.16. The van der Waals surface area contributed by atoms with Gasteiger partial charge in [0.2, 0.25) is 5.91 Å². The van der Waals surface area contributed by atoms with Gasteiger partial charge in [0.1, 0.15) is 12.4 Å². The summed E-state index contributed by atoms with van der Waals surface area (Å²) in [5, 5.41) is 16.2. The van der Waals surface area contributed by atoms with E-state index in [1.165, 1.54) is 12.1 Å². The van der Waals surface area contributed by atoms with Crippen LogP contribution in [-0.2, 0) is 24.4 Å². The van der Waals surface area contributed by atoms with Gasteiger partial charge in [-0.05, 0) is 54.5 Å². The van der Waals surface area contributed by atoms with Gasteiger partial charge in [0, 0.05) is 18.7 Å². The summed E-state index contributed by atoms with van der Waals surface area (Å²) in [7, 11) is 0. The van der Waals surface area contributed by atoms with Gasteiger partial charge in [-0.1, -0.05) is 54.1 Å². The fourth-order valence-corrected chi connectivity index (χ4v) is 3.81. The molecule has 0 saturated carbocycles. The molecule has 34 heavy (non-hydrogen) atoms. The molecule has 1 aromatic heterocycles. The highest BCUT2D eigenvalue weighted by molar-refractivity contribution is 7.71. The number of hydrogen-bond acceptors (Lipinski definition) is 4. The fourth-order valence-electron chi connectivity index (χ4n) is 3.62. The van der Waals surface area contributed by atoms with Gasteiger partial charge in [-0.3, -0.25) is 14.5 Å². The van der Waals surface area contributed by atoms with E-state index in [0.29, 0.717) is 28.3 Å². The molecule has 3 aromatic carbocycles. The molecule has 1 heterocycles. The van der Waals surface area contributed by atoms with Crippen LogP contribution in [0.25, 0.3) is 11.4 Å². The number of H-pyrrole nitrogens is 1. The molecule has 4 rings (SSSR count). The minimum Gasteiger partial charge on any atom is -0.332 e.